The average molecular weight is 140 g/mol. The summed E-state index contributed by atoms with van der Waals surface area (Å²) >= 11 is 0. The number of rotatable bonds is 4. The number of allylic oxidation sites excluding steroid dienone is 2. The molecular formula is C10H20. The minimum atomic E-state index is 0.817. The van der Waals surface area contributed by atoms with Gasteiger partial charge in [-0.05, 0) is 25.7 Å². The Bertz CT molecular complexity index is 98.6. The van der Waals surface area contributed by atoms with E-state index in [1.807, 2.05) is 0 Å². The van der Waals surface area contributed by atoms with E-state index in [1.54, 1.807) is 5.57 Å². The van der Waals surface area contributed by atoms with Gasteiger partial charge in [0.1, 0.15) is 0 Å². The fraction of sp³-hybridized carbons (Fsp3) is 0.800. The first-order chi connectivity index (χ1) is 4.70. The summed E-state index contributed by atoms with van der Waals surface area (Å²) in [6.07, 6.45) is 6.12. The molecule has 0 N–H and O–H groups in total. The third-order valence-electron chi connectivity index (χ3n) is 1.65. The van der Waals surface area contributed by atoms with Crippen LogP contribution in [0.1, 0.15) is 47.0 Å². The van der Waals surface area contributed by atoms with Crippen molar-refractivity contribution in [1.29, 1.82) is 0 Å². The van der Waals surface area contributed by atoms with Crippen LogP contribution in [0.15, 0.2) is 11.6 Å². The molecule has 0 atom stereocenters. The smallest absolute Gasteiger partial charge is 0.0297 e. The van der Waals surface area contributed by atoms with E-state index in [1.165, 1.54) is 19.3 Å². The maximum atomic E-state index is 2.28. The molecule has 0 rings (SSSR count). The van der Waals surface area contributed by atoms with Crippen LogP contribution in [0.2, 0.25) is 0 Å². The molecule has 0 bridgehead atoms. The van der Waals surface area contributed by atoms with E-state index >= 15 is 0 Å². The van der Waals surface area contributed by atoms with Crippen molar-refractivity contribution < 1.29 is 0 Å². The predicted octanol–water partition coefficient (Wildman–Crippen LogP) is 3.78. The summed E-state index contributed by atoms with van der Waals surface area (Å²) in [6.45, 7) is 8.94. The first-order valence-corrected chi connectivity index (χ1v) is 4.34. The Hall–Kier alpha value is -0.260. The topological polar surface area (TPSA) is 0 Å². The van der Waals surface area contributed by atoms with Gasteiger partial charge in [-0.1, -0.05) is 38.8 Å². The van der Waals surface area contributed by atoms with Crippen LogP contribution in [0.25, 0.3) is 0 Å². The van der Waals surface area contributed by atoms with Gasteiger partial charge in [-0.3, -0.25) is 0 Å². The maximum Gasteiger partial charge on any atom is -0.0297 e. The van der Waals surface area contributed by atoms with Gasteiger partial charge in [0.15, 0.2) is 0 Å². The highest BCUT2D eigenvalue weighted by Crippen LogP contribution is 2.15. The molecule has 0 unspecified atom stereocenters. The quantitative estimate of drug-likeness (QED) is 0.521. The van der Waals surface area contributed by atoms with Crippen molar-refractivity contribution in [2.24, 2.45) is 5.92 Å². The van der Waals surface area contributed by atoms with Crippen LogP contribution in [0, 0.1) is 5.92 Å². The SMILES string of the molecule is C/C=C(\CCC)CC(C)C. The van der Waals surface area contributed by atoms with Gasteiger partial charge < -0.3 is 0 Å². The zero-order valence-electron chi connectivity index (χ0n) is 7.78. The van der Waals surface area contributed by atoms with E-state index in [0.29, 0.717) is 0 Å². The largest absolute Gasteiger partial charge is 0.0884 e. The highest BCUT2D eigenvalue weighted by atomic mass is 14.0. The summed E-state index contributed by atoms with van der Waals surface area (Å²) in [5.41, 5.74) is 1.62. The predicted molar refractivity (Wildman–Crippen MR) is 48.1 cm³/mol. The van der Waals surface area contributed by atoms with Crippen LogP contribution in [0.4, 0.5) is 0 Å². The second-order valence-electron chi connectivity index (χ2n) is 3.29. The van der Waals surface area contributed by atoms with Crippen LogP contribution in [-0.4, -0.2) is 0 Å². The highest BCUT2D eigenvalue weighted by molar-refractivity contribution is 5.00. The van der Waals surface area contributed by atoms with Gasteiger partial charge in [0.05, 0.1) is 0 Å². The first-order valence-electron chi connectivity index (χ1n) is 4.34. The molecule has 0 aliphatic carbocycles. The Kier molecular flexibility index (Phi) is 5.38. The van der Waals surface area contributed by atoms with Crippen LogP contribution in [-0.2, 0) is 0 Å². The molecule has 0 nitrogen and oxygen atoms in total. The van der Waals surface area contributed by atoms with Crippen molar-refractivity contribution in [3.8, 4) is 0 Å². The molecule has 0 radical (unpaired) electrons. The molecule has 0 aromatic carbocycles. The summed E-state index contributed by atoms with van der Waals surface area (Å²) in [6, 6.07) is 0. The molecule has 0 saturated heterocycles. The first kappa shape index (κ1) is 9.74. The number of hydrogen-bond acceptors (Lipinski definition) is 0. The van der Waals surface area contributed by atoms with Gasteiger partial charge in [-0.2, -0.15) is 0 Å². The Morgan fingerprint density at radius 2 is 2.00 bits per heavy atom. The molecule has 0 aromatic rings. The molecule has 10 heavy (non-hydrogen) atoms. The van der Waals surface area contributed by atoms with E-state index < -0.39 is 0 Å². The van der Waals surface area contributed by atoms with Crippen molar-refractivity contribution >= 4 is 0 Å². The van der Waals surface area contributed by atoms with Gasteiger partial charge in [-0.15, -0.1) is 0 Å². The minimum Gasteiger partial charge on any atom is -0.0884 e. The summed E-state index contributed by atoms with van der Waals surface area (Å²) in [5.74, 6) is 0.817. The molecular weight excluding hydrogens is 120 g/mol. The zero-order valence-corrected chi connectivity index (χ0v) is 7.78. The standard InChI is InChI=1S/C10H20/c1-5-7-10(6-2)8-9(3)4/h6,9H,5,7-8H2,1-4H3/b10-6+. The van der Waals surface area contributed by atoms with Crippen LogP contribution in [0.3, 0.4) is 0 Å². The summed E-state index contributed by atoms with van der Waals surface area (Å²) in [4.78, 5) is 0. The molecule has 60 valence electrons. The Morgan fingerprint density at radius 3 is 2.30 bits per heavy atom. The van der Waals surface area contributed by atoms with Gasteiger partial charge in [-0.25, -0.2) is 0 Å². The molecule has 0 saturated carbocycles. The number of hydrogen-bond donors (Lipinski definition) is 0. The van der Waals surface area contributed by atoms with E-state index in [9.17, 15) is 0 Å². The average Bonchev–Trinajstić information content (AvgIpc) is 1.86. The lowest BCUT2D eigenvalue weighted by atomic mass is 9.99. The molecule has 0 heterocycles. The normalized spacial score (nSPS) is 12.7. The Balaban J connectivity index is 3.62. The third-order valence-corrected chi connectivity index (χ3v) is 1.65. The van der Waals surface area contributed by atoms with Gasteiger partial charge in [0.25, 0.3) is 0 Å². The Labute approximate surface area is 65.3 Å². The Morgan fingerprint density at radius 1 is 1.40 bits per heavy atom. The van der Waals surface area contributed by atoms with E-state index in [0.717, 1.165) is 5.92 Å². The fourth-order valence-corrected chi connectivity index (χ4v) is 1.21. The van der Waals surface area contributed by atoms with E-state index in [-0.39, 0.29) is 0 Å². The van der Waals surface area contributed by atoms with Crippen molar-refractivity contribution in [2.75, 3.05) is 0 Å². The zero-order chi connectivity index (χ0) is 7.98. The van der Waals surface area contributed by atoms with Gasteiger partial charge >= 0.3 is 0 Å². The summed E-state index contributed by atoms with van der Waals surface area (Å²) in [5, 5.41) is 0. The summed E-state index contributed by atoms with van der Waals surface area (Å²) < 4.78 is 0. The summed E-state index contributed by atoms with van der Waals surface area (Å²) in [7, 11) is 0. The lowest BCUT2D eigenvalue weighted by Gasteiger charge is -2.07. The molecule has 0 aliphatic rings. The monoisotopic (exact) mass is 140 g/mol. The second kappa shape index (κ2) is 5.52. The van der Waals surface area contributed by atoms with Gasteiger partial charge in [0.2, 0.25) is 0 Å². The van der Waals surface area contributed by atoms with Crippen molar-refractivity contribution in [1.82, 2.24) is 0 Å². The molecule has 0 amide bonds. The third kappa shape index (κ3) is 4.60. The van der Waals surface area contributed by atoms with E-state index in [2.05, 4.69) is 33.8 Å². The molecule has 0 fully saturated rings. The van der Waals surface area contributed by atoms with Gasteiger partial charge in [0, 0.05) is 0 Å². The lowest BCUT2D eigenvalue weighted by Crippen LogP contribution is -1.90. The molecule has 0 aliphatic heterocycles. The van der Waals surface area contributed by atoms with Crippen molar-refractivity contribution in [3.05, 3.63) is 11.6 Å². The van der Waals surface area contributed by atoms with Crippen molar-refractivity contribution in [3.63, 3.8) is 0 Å². The van der Waals surface area contributed by atoms with E-state index in [4.69, 9.17) is 0 Å². The highest BCUT2D eigenvalue weighted by Gasteiger charge is 1.97. The molecule has 0 aromatic heterocycles. The van der Waals surface area contributed by atoms with Crippen LogP contribution in [0.5, 0.6) is 0 Å². The van der Waals surface area contributed by atoms with Crippen molar-refractivity contribution in [2.45, 2.75) is 47.0 Å². The minimum absolute atomic E-state index is 0.817. The lowest BCUT2D eigenvalue weighted by molar-refractivity contribution is 0.621. The molecule has 0 spiro atoms. The van der Waals surface area contributed by atoms with Crippen LogP contribution < -0.4 is 0 Å². The maximum absolute atomic E-state index is 2.28. The molecule has 0 heteroatoms. The van der Waals surface area contributed by atoms with Crippen LogP contribution >= 0.6 is 0 Å². The second-order valence-corrected chi connectivity index (χ2v) is 3.29. The fourth-order valence-electron chi connectivity index (χ4n) is 1.21.